The Bertz CT molecular complexity index is 583. The SMILES string of the molecule is c1ccc(NNC2=N[C@H](COc3ccccc3)CC2)cc1. The molecule has 0 spiro atoms. The molecule has 0 aliphatic carbocycles. The van der Waals surface area contributed by atoms with Crippen molar-refractivity contribution in [2.24, 2.45) is 4.99 Å². The Labute approximate surface area is 124 Å². The number of para-hydroxylation sites is 2. The number of benzene rings is 2. The van der Waals surface area contributed by atoms with Crippen LogP contribution >= 0.6 is 0 Å². The molecule has 3 rings (SSSR count). The van der Waals surface area contributed by atoms with Crippen LogP contribution in [0.5, 0.6) is 5.75 Å². The highest BCUT2D eigenvalue weighted by molar-refractivity contribution is 5.85. The maximum absolute atomic E-state index is 5.75. The van der Waals surface area contributed by atoms with Gasteiger partial charge in [-0.15, -0.1) is 0 Å². The minimum Gasteiger partial charge on any atom is -0.491 e. The van der Waals surface area contributed by atoms with Gasteiger partial charge in [-0.2, -0.15) is 0 Å². The lowest BCUT2D eigenvalue weighted by molar-refractivity contribution is 0.289. The Morgan fingerprint density at radius 3 is 2.43 bits per heavy atom. The first-order valence-corrected chi connectivity index (χ1v) is 7.22. The molecule has 108 valence electrons. The van der Waals surface area contributed by atoms with Gasteiger partial charge in [-0.1, -0.05) is 36.4 Å². The number of hydrazine groups is 1. The zero-order chi connectivity index (χ0) is 14.3. The van der Waals surface area contributed by atoms with Crippen molar-refractivity contribution in [2.45, 2.75) is 18.9 Å². The van der Waals surface area contributed by atoms with Crippen LogP contribution in [-0.2, 0) is 0 Å². The molecule has 4 nitrogen and oxygen atoms in total. The molecule has 2 aromatic rings. The minimum absolute atomic E-state index is 0.227. The normalized spacial score (nSPS) is 17.1. The van der Waals surface area contributed by atoms with Crippen molar-refractivity contribution >= 4 is 11.5 Å². The fourth-order valence-corrected chi connectivity index (χ4v) is 2.24. The van der Waals surface area contributed by atoms with Crippen LogP contribution in [0.25, 0.3) is 0 Å². The minimum atomic E-state index is 0.227. The molecule has 0 amide bonds. The maximum atomic E-state index is 5.75. The highest BCUT2D eigenvalue weighted by Crippen LogP contribution is 2.15. The van der Waals surface area contributed by atoms with E-state index in [4.69, 9.17) is 4.74 Å². The average Bonchev–Trinajstić information content (AvgIpc) is 3.01. The molecule has 0 fully saturated rings. The summed E-state index contributed by atoms with van der Waals surface area (Å²) in [7, 11) is 0. The Morgan fingerprint density at radius 1 is 0.952 bits per heavy atom. The van der Waals surface area contributed by atoms with Crippen molar-refractivity contribution in [2.75, 3.05) is 12.0 Å². The van der Waals surface area contributed by atoms with Gasteiger partial charge in [0, 0.05) is 6.42 Å². The van der Waals surface area contributed by atoms with Crippen LogP contribution in [0.2, 0.25) is 0 Å². The second kappa shape index (κ2) is 6.79. The summed E-state index contributed by atoms with van der Waals surface area (Å²) in [6.07, 6.45) is 1.97. The Kier molecular flexibility index (Phi) is 4.36. The molecule has 0 unspecified atom stereocenters. The van der Waals surface area contributed by atoms with Crippen molar-refractivity contribution in [1.29, 1.82) is 0 Å². The summed E-state index contributed by atoms with van der Waals surface area (Å²) in [5.74, 6) is 1.89. The van der Waals surface area contributed by atoms with E-state index in [1.807, 2.05) is 60.7 Å². The van der Waals surface area contributed by atoms with E-state index in [0.717, 1.165) is 30.1 Å². The van der Waals surface area contributed by atoms with Gasteiger partial charge in [0.2, 0.25) is 0 Å². The topological polar surface area (TPSA) is 45.7 Å². The van der Waals surface area contributed by atoms with Crippen molar-refractivity contribution in [3.8, 4) is 5.75 Å². The molecule has 0 saturated carbocycles. The molecule has 0 radical (unpaired) electrons. The van der Waals surface area contributed by atoms with Gasteiger partial charge in [-0.3, -0.25) is 15.8 Å². The predicted molar refractivity (Wildman–Crippen MR) is 85.6 cm³/mol. The van der Waals surface area contributed by atoms with E-state index in [1.54, 1.807) is 0 Å². The van der Waals surface area contributed by atoms with Crippen molar-refractivity contribution < 1.29 is 4.74 Å². The second-order valence-corrected chi connectivity index (χ2v) is 5.01. The second-order valence-electron chi connectivity index (χ2n) is 5.01. The van der Waals surface area contributed by atoms with Gasteiger partial charge in [0.15, 0.2) is 0 Å². The first-order chi connectivity index (χ1) is 10.4. The number of hydrogen-bond donors (Lipinski definition) is 2. The van der Waals surface area contributed by atoms with Crippen LogP contribution < -0.4 is 15.6 Å². The fourth-order valence-electron chi connectivity index (χ4n) is 2.24. The van der Waals surface area contributed by atoms with Crippen molar-refractivity contribution in [3.05, 3.63) is 60.7 Å². The molecule has 4 heteroatoms. The summed E-state index contributed by atoms with van der Waals surface area (Å²) in [5, 5.41) is 0. The maximum Gasteiger partial charge on any atom is 0.119 e. The smallest absolute Gasteiger partial charge is 0.119 e. The Hall–Kier alpha value is -2.49. The van der Waals surface area contributed by atoms with Crippen molar-refractivity contribution in [3.63, 3.8) is 0 Å². The Balaban J connectivity index is 1.46. The number of nitrogens with one attached hydrogen (secondary N) is 2. The quantitative estimate of drug-likeness (QED) is 0.827. The monoisotopic (exact) mass is 281 g/mol. The third-order valence-electron chi connectivity index (χ3n) is 3.36. The third kappa shape index (κ3) is 3.99. The van der Waals surface area contributed by atoms with Gasteiger partial charge in [-0.25, -0.2) is 0 Å². The number of ether oxygens (including phenoxy) is 1. The number of aliphatic imine (C=N–C) groups is 1. The number of rotatable bonds is 5. The number of anilines is 1. The zero-order valence-corrected chi connectivity index (χ0v) is 11.8. The largest absolute Gasteiger partial charge is 0.491 e. The molecule has 0 bridgehead atoms. The molecule has 1 heterocycles. The molecule has 2 aromatic carbocycles. The summed E-state index contributed by atoms with van der Waals surface area (Å²) in [4.78, 5) is 4.64. The molecule has 2 N–H and O–H groups in total. The third-order valence-corrected chi connectivity index (χ3v) is 3.36. The highest BCUT2D eigenvalue weighted by atomic mass is 16.5. The Morgan fingerprint density at radius 2 is 1.67 bits per heavy atom. The van der Waals surface area contributed by atoms with Gasteiger partial charge in [0.1, 0.15) is 18.2 Å². The van der Waals surface area contributed by atoms with E-state index in [-0.39, 0.29) is 6.04 Å². The molecule has 0 aromatic heterocycles. The lowest BCUT2D eigenvalue weighted by Crippen LogP contribution is -2.27. The van der Waals surface area contributed by atoms with Gasteiger partial charge in [0.05, 0.1) is 11.7 Å². The number of amidine groups is 1. The van der Waals surface area contributed by atoms with Gasteiger partial charge >= 0.3 is 0 Å². The molecule has 1 atom stereocenters. The van der Waals surface area contributed by atoms with Gasteiger partial charge < -0.3 is 4.74 Å². The molecule has 21 heavy (non-hydrogen) atoms. The lowest BCUT2D eigenvalue weighted by atomic mass is 10.2. The summed E-state index contributed by atoms with van der Waals surface area (Å²) >= 11 is 0. The molecule has 1 aliphatic rings. The number of hydrogen-bond acceptors (Lipinski definition) is 4. The molecular formula is C17H19N3O. The first kappa shape index (κ1) is 13.5. The van der Waals surface area contributed by atoms with E-state index >= 15 is 0 Å². The predicted octanol–water partition coefficient (Wildman–Crippen LogP) is 3.24. The van der Waals surface area contributed by atoms with Crippen LogP contribution in [0.15, 0.2) is 65.7 Å². The summed E-state index contributed by atoms with van der Waals surface area (Å²) < 4.78 is 5.75. The average molecular weight is 281 g/mol. The fraction of sp³-hybridized carbons (Fsp3) is 0.235. The first-order valence-electron chi connectivity index (χ1n) is 7.22. The molecular weight excluding hydrogens is 262 g/mol. The number of nitrogens with zero attached hydrogens (tertiary/aromatic N) is 1. The standard InChI is InChI=1S/C17H19N3O/c1-3-7-14(8-4-1)19-20-17-12-11-15(18-17)13-21-16-9-5-2-6-10-16/h1-10,15,19H,11-13H2,(H,18,20)/t15-/m0/s1. The zero-order valence-electron chi connectivity index (χ0n) is 11.8. The van der Waals surface area contributed by atoms with Gasteiger partial charge in [0.25, 0.3) is 0 Å². The lowest BCUT2D eigenvalue weighted by Gasteiger charge is -2.09. The summed E-state index contributed by atoms with van der Waals surface area (Å²) in [6.45, 7) is 0.626. The van der Waals surface area contributed by atoms with E-state index in [1.165, 1.54) is 0 Å². The van der Waals surface area contributed by atoms with E-state index in [9.17, 15) is 0 Å². The molecule has 0 saturated heterocycles. The highest BCUT2D eigenvalue weighted by Gasteiger charge is 2.17. The van der Waals surface area contributed by atoms with E-state index in [0.29, 0.717) is 6.61 Å². The van der Waals surface area contributed by atoms with Gasteiger partial charge in [-0.05, 0) is 30.7 Å². The van der Waals surface area contributed by atoms with Crippen LogP contribution in [0.3, 0.4) is 0 Å². The van der Waals surface area contributed by atoms with E-state index in [2.05, 4.69) is 15.8 Å². The van der Waals surface area contributed by atoms with Crippen LogP contribution in [0, 0.1) is 0 Å². The van der Waals surface area contributed by atoms with E-state index < -0.39 is 0 Å². The van der Waals surface area contributed by atoms with Crippen LogP contribution in [-0.4, -0.2) is 18.5 Å². The van der Waals surface area contributed by atoms with Crippen LogP contribution in [0.1, 0.15) is 12.8 Å². The summed E-state index contributed by atoms with van der Waals surface area (Å²) in [5.41, 5.74) is 7.36. The molecule has 1 aliphatic heterocycles. The van der Waals surface area contributed by atoms with Crippen molar-refractivity contribution in [1.82, 2.24) is 5.43 Å². The summed E-state index contributed by atoms with van der Waals surface area (Å²) in [6, 6.07) is 20.1. The van der Waals surface area contributed by atoms with Crippen LogP contribution in [0.4, 0.5) is 5.69 Å².